The minimum absolute atomic E-state index is 0.191. The SMILES string of the molecule is Cc1cc(C(C)Nc2ccc(-n3nccn3)cc2)c(C)o1. The summed E-state index contributed by atoms with van der Waals surface area (Å²) >= 11 is 0. The van der Waals surface area contributed by atoms with Gasteiger partial charge in [0.05, 0.1) is 24.1 Å². The fourth-order valence-corrected chi connectivity index (χ4v) is 2.45. The van der Waals surface area contributed by atoms with E-state index in [9.17, 15) is 0 Å². The van der Waals surface area contributed by atoms with E-state index in [1.807, 2.05) is 38.1 Å². The van der Waals surface area contributed by atoms with E-state index in [1.54, 1.807) is 17.2 Å². The van der Waals surface area contributed by atoms with Gasteiger partial charge in [0.25, 0.3) is 0 Å². The molecule has 2 aromatic heterocycles. The molecule has 3 aromatic rings. The summed E-state index contributed by atoms with van der Waals surface area (Å²) in [7, 11) is 0. The molecule has 108 valence electrons. The molecule has 0 amide bonds. The highest BCUT2D eigenvalue weighted by Gasteiger charge is 2.12. The van der Waals surface area contributed by atoms with Gasteiger partial charge in [0, 0.05) is 11.3 Å². The van der Waals surface area contributed by atoms with Crippen molar-refractivity contribution in [2.45, 2.75) is 26.8 Å². The Labute approximate surface area is 123 Å². The van der Waals surface area contributed by atoms with Gasteiger partial charge < -0.3 is 9.73 Å². The Kier molecular flexibility index (Phi) is 3.48. The summed E-state index contributed by atoms with van der Waals surface area (Å²) in [6.07, 6.45) is 3.33. The number of hydrogen-bond donors (Lipinski definition) is 1. The quantitative estimate of drug-likeness (QED) is 0.793. The number of benzene rings is 1. The lowest BCUT2D eigenvalue weighted by Crippen LogP contribution is -2.07. The topological polar surface area (TPSA) is 55.9 Å². The number of hydrogen-bond acceptors (Lipinski definition) is 4. The predicted octanol–water partition coefficient (Wildman–Crippen LogP) is 3.65. The maximum Gasteiger partial charge on any atom is 0.106 e. The van der Waals surface area contributed by atoms with Gasteiger partial charge in [-0.3, -0.25) is 0 Å². The Bertz CT molecular complexity index is 713. The first kappa shape index (κ1) is 13.4. The van der Waals surface area contributed by atoms with E-state index in [4.69, 9.17) is 4.42 Å². The lowest BCUT2D eigenvalue weighted by Gasteiger charge is -2.15. The van der Waals surface area contributed by atoms with Crippen molar-refractivity contribution in [1.29, 1.82) is 0 Å². The third kappa shape index (κ3) is 2.81. The lowest BCUT2D eigenvalue weighted by atomic mass is 10.1. The second-order valence-electron chi connectivity index (χ2n) is 5.10. The Morgan fingerprint density at radius 1 is 1.10 bits per heavy atom. The molecule has 3 rings (SSSR count). The van der Waals surface area contributed by atoms with E-state index in [0.717, 1.165) is 22.9 Å². The summed E-state index contributed by atoms with van der Waals surface area (Å²) < 4.78 is 5.58. The molecular formula is C16H18N4O. The molecule has 0 spiro atoms. The van der Waals surface area contributed by atoms with E-state index in [2.05, 4.69) is 28.5 Å². The molecule has 0 aliphatic heterocycles. The highest BCUT2D eigenvalue weighted by atomic mass is 16.3. The first-order valence-electron chi connectivity index (χ1n) is 6.94. The van der Waals surface area contributed by atoms with Crippen molar-refractivity contribution >= 4 is 5.69 Å². The first-order chi connectivity index (χ1) is 10.1. The summed E-state index contributed by atoms with van der Waals surface area (Å²) in [5.41, 5.74) is 3.18. The van der Waals surface area contributed by atoms with E-state index in [0.29, 0.717) is 0 Å². The third-order valence-electron chi connectivity index (χ3n) is 3.45. The fourth-order valence-electron chi connectivity index (χ4n) is 2.45. The van der Waals surface area contributed by atoms with Crippen LogP contribution in [0.5, 0.6) is 0 Å². The smallest absolute Gasteiger partial charge is 0.106 e. The molecule has 1 atom stereocenters. The third-order valence-corrected chi connectivity index (χ3v) is 3.45. The Hall–Kier alpha value is -2.56. The molecule has 0 fully saturated rings. The van der Waals surface area contributed by atoms with Crippen LogP contribution < -0.4 is 5.32 Å². The number of rotatable bonds is 4. The van der Waals surface area contributed by atoms with E-state index >= 15 is 0 Å². The van der Waals surface area contributed by atoms with Gasteiger partial charge in [0.1, 0.15) is 11.5 Å². The summed E-state index contributed by atoms with van der Waals surface area (Å²) in [6, 6.07) is 10.3. The molecule has 0 aliphatic carbocycles. The highest BCUT2D eigenvalue weighted by Crippen LogP contribution is 2.25. The van der Waals surface area contributed by atoms with Crippen molar-refractivity contribution in [3.63, 3.8) is 0 Å². The molecule has 1 unspecified atom stereocenters. The fraction of sp³-hybridized carbons (Fsp3) is 0.250. The molecule has 0 bridgehead atoms. The molecule has 1 aromatic carbocycles. The van der Waals surface area contributed by atoms with Gasteiger partial charge >= 0.3 is 0 Å². The maximum absolute atomic E-state index is 5.58. The van der Waals surface area contributed by atoms with E-state index in [1.165, 1.54) is 5.56 Å². The zero-order chi connectivity index (χ0) is 14.8. The van der Waals surface area contributed by atoms with E-state index in [-0.39, 0.29) is 6.04 Å². The molecule has 0 saturated carbocycles. The molecule has 0 saturated heterocycles. The maximum atomic E-state index is 5.58. The highest BCUT2D eigenvalue weighted by molar-refractivity contribution is 5.50. The van der Waals surface area contributed by atoms with Gasteiger partial charge in [0.2, 0.25) is 0 Å². The summed E-state index contributed by atoms with van der Waals surface area (Å²) in [5.74, 6) is 1.90. The Morgan fingerprint density at radius 2 is 1.76 bits per heavy atom. The van der Waals surface area contributed by atoms with Crippen molar-refractivity contribution in [3.8, 4) is 5.69 Å². The number of aromatic nitrogens is 3. The van der Waals surface area contributed by atoms with Gasteiger partial charge in [-0.25, -0.2) is 0 Å². The van der Waals surface area contributed by atoms with Gasteiger partial charge in [0.15, 0.2) is 0 Å². The first-order valence-corrected chi connectivity index (χ1v) is 6.94. The minimum Gasteiger partial charge on any atom is -0.466 e. The van der Waals surface area contributed by atoms with Crippen LogP contribution in [-0.4, -0.2) is 15.0 Å². The molecule has 5 heteroatoms. The van der Waals surface area contributed by atoms with Crippen molar-refractivity contribution in [3.05, 3.63) is 59.8 Å². The van der Waals surface area contributed by atoms with Crippen LogP contribution in [-0.2, 0) is 0 Å². The summed E-state index contributed by atoms with van der Waals surface area (Å²) in [6.45, 7) is 6.09. The predicted molar refractivity (Wildman–Crippen MR) is 81.6 cm³/mol. The number of nitrogens with one attached hydrogen (secondary N) is 1. The average molecular weight is 282 g/mol. The van der Waals surface area contributed by atoms with Crippen molar-refractivity contribution < 1.29 is 4.42 Å². The standard InChI is InChI=1S/C16H18N4O/c1-11-10-16(13(3)21-11)12(2)19-14-4-6-15(7-5-14)20-17-8-9-18-20/h4-10,12,19H,1-3H3. The van der Waals surface area contributed by atoms with Gasteiger partial charge in [-0.05, 0) is 51.1 Å². The van der Waals surface area contributed by atoms with Gasteiger partial charge in [-0.1, -0.05) is 0 Å². The monoisotopic (exact) mass is 282 g/mol. The minimum atomic E-state index is 0.191. The van der Waals surface area contributed by atoms with Crippen LogP contribution in [0.1, 0.15) is 30.0 Å². The summed E-state index contributed by atoms with van der Waals surface area (Å²) in [4.78, 5) is 1.59. The number of furan rings is 1. The van der Waals surface area contributed by atoms with Crippen LogP contribution in [0, 0.1) is 13.8 Å². The summed E-state index contributed by atoms with van der Waals surface area (Å²) in [5, 5.41) is 11.7. The van der Waals surface area contributed by atoms with Gasteiger partial charge in [-0.15, -0.1) is 0 Å². The number of anilines is 1. The largest absolute Gasteiger partial charge is 0.466 e. The Balaban J connectivity index is 1.74. The zero-order valence-corrected chi connectivity index (χ0v) is 12.4. The molecule has 1 N–H and O–H groups in total. The van der Waals surface area contributed by atoms with Gasteiger partial charge in [-0.2, -0.15) is 15.0 Å². The van der Waals surface area contributed by atoms with Crippen LogP contribution in [0.3, 0.4) is 0 Å². The Morgan fingerprint density at radius 3 is 2.33 bits per heavy atom. The van der Waals surface area contributed by atoms with Crippen LogP contribution in [0.4, 0.5) is 5.69 Å². The normalized spacial score (nSPS) is 12.3. The van der Waals surface area contributed by atoms with Crippen LogP contribution in [0.25, 0.3) is 5.69 Å². The molecule has 5 nitrogen and oxygen atoms in total. The molecule has 2 heterocycles. The molecule has 0 radical (unpaired) electrons. The molecule has 0 aliphatic rings. The van der Waals surface area contributed by atoms with Crippen molar-refractivity contribution in [1.82, 2.24) is 15.0 Å². The average Bonchev–Trinajstić information content (AvgIpc) is 3.09. The number of aryl methyl sites for hydroxylation is 2. The van der Waals surface area contributed by atoms with Crippen molar-refractivity contribution in [2.75, 3.05) is 5.32 Å². The van der Waals surface area contributed by atoms with Crippen molar-refractivity contribution in [2.24, 2.45) is 0 Å². The van der Waals surface area contributed by atoms with E-state index < -0.39 is 0 Å². The lowest BCUT2D eigenvalue weighted by molar-refractivity contribution is 0.500. The second kappa shape index (κ2) is 5.44. The van der Waals surface area contributed by atoms with Crippen LogP contribution in [0.15, 0.2) is 47.1 Å². The number of nitrogens with zero attached hydrogens (tertiary/aromatic N) is 3. The van der Waals surface area contributed by atoms with Crippen LogP contribution in [0.2, 0.25) is 0 Å². The zero-order valence-electron chi connectivity index (χ0n) is 12.4. The second-order valence-corrected chi connectivity index (χ2v) is 5.10. The molecule has 21 heavy (non-hydrogen) atoms. The van der Waals surface area contributed by atoms with Crippen LogP contribution >= 0.6 is 0 Å². The molecular weight excluding hydrogens is 264 g/mol.